The number of carbonyl (C=O) groups excluding carboxylic acids is 1. The van der Waals surface area contributed by atoms with Crippen LogP contribution < -0.4 is 0 Å². The molecule has 0 unspecified atom stereocenters. The van der Waals surface area contributed by atoms with Crippen molar-refractivity contribution in [2.24, 2.45) is 0 Å². The summed E-state index contributed by atoms with van der Waals surface area (Å²) in [7, 11) is 0. The molecule has 2 aromatic rings. The van der Waals surface area contributed by atoms with Crippen molar-refractivity contribution in [1.82, 2.24) is 9.55 Å². The van der Waals surface area contributed by atoms with Gasteiger partial charge in [0, 0.05) is 18.4 Å². The van der Waals surface area contributed by atoms with Crippen molar-refractivity contribution in [2.75, 3.05) is 0 Å². The van der Waals surface area contributed by atoms with Crippen LogP contribution in [0.15, 0.2) is 34.2 Å². The highest BCUT2D eigenvalue weighted by molar-refractivity contribution is 7.99. The second-order valence-electron chi connectivity index (χ2n) is 5.46. The van der Waals surface area contributed by atoms with E-state index in [1.807, 2.05) is 17.6 Å². The zero-order valence-electron chi connectivity index (χ0n) is 13.8. The Kier molecular flexibility index (Phi) is 5.82. The Labute approximate surface area is 140 Å². The molecule has 1 heterocycles. The van der Waals surface area contributed by atoms with Crippen LogP contribution in [0.5, 0.6) is 0 Å². The first-order chi connectivity index (χ1) is 10.9. The Morgan fingerprint density at radius 2 is 2.17 bits per heavy atom. The molecule has 0 fully saturated rings. The van der Waals surface area contributed by atoms with E-state index in [1.54, 1.807) is 6.07 Å². The first kappa shape index (κ1) is 17.5. The van der Waals surface area contributed by atoms with E-state index in [9.17, 15) is 9.18 Å². The molecule has 124 valence electrons. The number of hydrogen-bond acceptors (Lipinski definition) is 4. The van der Waals surface area contributed by atoms with Crippen molar-refractivity contribution in [3.63, 3.8) is 0 Å². The van der Waals surface area contributed by atoms with E-state index in [0.29, 0.717) is 12.4 Å². The third-order valence-corrected chi connectivity index (χ3v) is 4.42. The molecule has 0 aliphatic rings. The van der Waals surface area contributed by atoms with Crippen LogP contribution in [0.1, 0.15) is 45.1 Å². The van der Waals surface area contributed by atoms with Gasteiger partial charge in [-0.2, -0.15) is 0 Å². The van der Waals surface area contributed by atoms with Crippen LogP contribution in [-0.4, -0.2) is 15.5 Å². The summed E-state index contributed by atoms with van der Waals surface area (Å²) in [4.78, 5) is 16.5. The molecular formula is C17H21FN2O2S. The number of rotatable bonds is 6. The van der Waals surface area contributed by atoms with Gasteiger partial charge in [-0.3, -0.25) is 4.79 Å². The van der Waals surface area contributed by atoms with Gasteiger partial charge < -0.3 is 9.30 Å². The fourth-order valence-corrected chi connectivity index (χ4v) is 3.50. The summed E-state index contributed by atoms with van der Waals surface area (Å²) in [5, 5.41) is 0.968. The molecule has 0 saturated heterocycles. The predicted molar refractivity (Wildman–Crippen MR) is 88.0 cm³/mol. The highest BCUT2D eigenvalue weighted by Gasteiger charge is 2.20. The smallest absolute Gasteiger partial charge is 0.303 e. The van der Waals surface area contributed by atoms with Crippen molar-refractivity contribution >= 4 is 17.7 Å². The zero-order chi connectivity index (χ0) is 17.0. The molecule has 0 atom stereocenters. The Bertz CT molecular complexity index is 698. The third-order valence-electron chi connectivity index (χ3n) is 3.30. The lowest BCUT2D eigenvalue weighted by Gasteiger charge is -2.11. The maximum absolute atomic E-state index is 13.4. The molecule has 0 saturated carbocycles. The van der Waals surface area contributed by atoms with Crippen LogP contribution in [0.4, 0.5) is 4.39 Å². The van der Waals surface area contributed by atoms with Gasteiger partial charge in [0.25, 0.3) is 0 Å². The maximum atomic E-state index is 13.4. The topological polar surface area (TPSA) is 44.1 Å². The average molecular weight is 336 g/mol. The monoisotopic (exact) mass is 336 g/mol. The van der Waals surface area contributed by atoms with Crippen LogP contribution >= 0.6 is 11.8 Å². The number of esters is 1. The molecule has 0 bridgehead atoms. The van der Waals surface area contributed by atoms with E-state index < -0.39 is 0 Å². The summed E-state index contributed by atoms with van der Waals surface area (Å²) in [5.74, 6) is 0.338. The van der Waals surface area contributed by atoms with Crippen molar-refractivity contribution in [3.05, 3.63) is 41.6 Å². The molecule has 2 rings (SSSR count). The number of nitrogens with zero attached hydrogens (tertiary/aromatic N) is 2. The van der Waals surface area contributed by atoms with Crippen LogP contribution in [0.2, 0.25) is 0 Å². The lowest BCUT2D eigenvalue weighted by Crippen LogP contribution is -2.07. The second-order valence-corrected chi connectivity index (χ2v) is 6.52. The lowest BCUT2D eigenvalue weighted by atomic mass is 10.1. The van der Waals surface area contributed by atoms with Crippen molar-refractivity contribution in [3.8, 4) is 0 Å². The van der Waals surface area contributed by atoms with Crippen molar-refractivity contribution in [1.29, 1.82) is 0 Å². The molecule has 6 heteroatoms. The van der Waals surface area contributed by atoms with Gasteiger partial charge in [0.05, 0.1) is 5.69 Å². The minimum atomic E-state index is -0.332. The highest BCUT2D eigenvalue weighted by atomic mass is 32.2. The van der Waals surface area contributed by atoms with E-state index in [-0.39, 0.29) is 24.3 Å². The molecule has 0 amide bonds. The fraction of sp³-hybridized carbons (Fsp3) is 0.412. The molecular weight excluding hydrogens is 315 g/mol. The fourth-order valence-electron chi connectivity index (χ4n) is 2.23. The van der Waals surface area contributed by atoms with Gasteiger partial charge in [-0.1, -0.05) is 31.7 Å². The maximum Gasteiger partial charge on any atom is 0.303 e. The predicted octanol–water partition coefficient (Wildman–Crippen LogP) is 4.38. The Hall–Kier alpha value is -1.82. The molecule has 0 aliphatic carbocycles. The Morgan fingerprint density at radius 1 is 1.43 bits per heavy atom. The number of ether oxygens (including phenoxy) is 1. The molecule has 23 heavy (non-hydrogen) atoms. The first-order valence-corrected chi connectivity index (χ1v) is 8.40. The highest BCUT2D eigenvalue weighted by Crippen LogP contribution is 2.35. The number of halogens is 1. The normalized spacial score (nSPS) is 11.0. The number of imidazole rings is 1. The van der Waals surface area contributed by atoms with Crippen LogP contribution in [0.3, 0.4) is 0 Å². The molecule has 0 radical (unpaired) electrons. The SMILES string of the molecule is CCn1c(COC(C)=O)nc(C(C)C)c1Sc1cccc(F)c1. The lowest BCUT2D eigenvalue weighted by molar-refractivity contribution is -0.142. The second kappa shape index (κ2) is 7.64. The first-order valence-electron chi connectivity index (χ1n) is 7.58. The third kappa shape index (κ3) is 4.34. The minimum Gasteiger partial charge on any atom is -0.458 e. The summed E-state index contributed by atoms with van der Waals surface area (Å²) in [5.41, 5.74) is 0.934. The van der Waals surface area contributed by atoms with Gasteiger partial charge in [0.15, 0.2) is 0 Å². The quantitative estimate of drug-likeness (QED) is 0.734. The van der Waals surface area contributed by atoms with E-state index in [4.69, 9.17) is 4.74 Å². The van der Waals surface area contributed by atoms with E-state index in [0.717, 1.165) is 15.6 Å². The van der Waals surface area contributed by atoms with Gasteiger partial charge in [0.1, 0.15) is 23.3 Å². The van der Waals surface area contributed by atoms with E-state index >= 15 is 0 Å². The van der Waals surface area contributed by atoms with Crippen LogP contribution in [0.25, 0.3) is 0 Å². The number of aromatic nitrogens is 2. The summed E-state index contributed by atoms with van der Waals surface area (Å²) in [6.45, 7) is 8.37. The molecule has 0 aliphatic heterocycles. The summed E-state index contributed by atoms with van der Waals surface area (Å²) < 4.78 is 20.6. The average Bonchev–Trinajstić information content (AvgIpc) is 2.83. The molecule has 4 nitrogen and oxygen atoms in total. The van der Waals surface area contributed by atoms with Crippen molar-refractivity contribution < 1.29 is 13.9 Å². The van der Waals surface area contributed by atoms with Gasteiger partial charge in [-0.05, 0) is 31.0 Å². The number of carbonyl (C=O) groups is 1. The van der Waals surface area contributed by atoms with Gasteiger partial charge >= 0.3 is 5.97 Å². The number of hydrogen-bond donors (Lipinski definition) is 0. The van der Waals surface area contributed by atoms with E-state index in [1.165, 1.54) is 30.8 Å². The van der Waals surface area contributed by atoms with Gasteiger partial charge in [-0.15, -0.1) is 0 Å². The summed E-state index contributed by atoms with van der Waals surface area (Å²) in [6, 6.07) is 6.50. The molecule has 1 aromatic heterocycles. The zero-order valence-corrected chi connectivity index (χ0v) is 14.6. The summed E-state index contributed by atoms with van der Waals surface area (Å²) in [6.07, 6.45) is 0. The summed E-state index contributed by atoms with van der Waals surface area (Å²) >= 11 is 1.48. The largest absolute Gasteiger partial charge is 0.458 e. The number of benzene rings is 1. The van der Waals surface area contributed by atoms with E-state index in [2.05, 4.69) is 18.8 Å². The Morgan fingerprint density at radius 3 is 2.74 bits per heavy atom. The van der Waals surface area contributed by atoms with Crippen molar-refractivity contribution in [2.45, 2.75) is 56.7 Å². The van der Waals surface area contributed by atoms with Crippen LogP contribution in [0, 0.1) is 5.82 Å². The molecule has 1 aromatic carbocycles. The minimum absolute atomic E-state index is 0.145. The molecule has 0 N–H and O–H groups in total. The van der Waals surface area contributed by atoms with Crippen LogP contribution in [-0.2, 0) is 22.7 Å². The van der Waals surface area contributed by atoms with Gasteiger partial charge in [0.2, 0.25) is 0 Å². The molecule has 0 spiro atoms. The standard InChI is InChI=1S/C17H21FN2O2S/c1-5-20-15(10-22-12(4)21)19-16(11(2)3)17(20)23-14-8-6-7-13(18)9-14/h6-9,11H,5,10H2,1-4H3. The Balaban J connectivity index is 2.40. The van der Waals surface area contributed by atoms with Gasteiger partial charge in [-0.25, -0.2) is 9.37 Å².